The Kier molecular flexibility index (Phi) is 3.73. The fourth-order valence-electron chi connectivity index (χ4n) is 2.40. The van der Waals surface area contributed by atoms with E-state index in [1.165, 1.54) is 15.8 Å². The molecule has 1 aliphatic rings. The van der Waals surface area contributed by atoms with Crippen LogP contribution in [0.1, 0.15) is 16.8 Å². The SMILES string of the molecule is Cn1cc(C(=O)N2CCC(C(=O)O)C(C(=O)O)C2)cn1. The highest BCUT2D eigenvalue weighted by atomic mass is 16.4. The molecule has 0 saturated carbocycles. The molecule has 1 saturated heterocycles. The number of hydrogen-bond acceptors (Lipinski definition) is 4. The highest BCUT2D eigenvalue weighted by Gasteiger charge is 2.40. The summed E-state index contributed by atoms with van der Waals surface area (Å²) in [4.78, 5) is 35.8. The van der Waals surface area contributed by atoms with E-state index in [2.05, 4.69) is 5.10 Å². The summed E-state index contributed by atoms with van der Waals surface area (Å²) in [5, 5.41) is 22.0. The van der Waals surface area contributed by atoms with Gasteiger partial charge in [0.2, 0.25) is 0 Å². The van der Waals surface area contributed by atoms with E-state index in [9.17, 15) is 14.4 Å². The normalized spacial score (nSPS) is 22.6. The van der Waals surface area contributed by atoms with E-state index in [-0.39, 0.29) is 25.4 Å². The molecule has 1 aromatic rings. The molecule has 8 nitrogen and oxygen atoms in total. The van der Waals surface area contributed by atoms with Gasteiger partial charge in [-0.1, -0.05) is 0 Å². The highest BCUT2D eigenvalue weighted by Crippen LogP contribution is 2.25. The lowest BCUT2D eigenvalue weighted by Gasteiger charge is -2.34. The van der Waals surface area contributed by atoms with E-state index in [4.69, 9.17) is 10.2 Å². The maximum Gasteiger partial charge on any atom is 0.309 e. The first-order valence-electron chi connectivity index (χ1n) is 6.13. The van der Waals surface area contributed by atoms with E-state index < -0.39 is 23.8 Å². The van der Waals surface area contributed by atoms with Crippen molar-refractivity contribution >= 4 is 17.8 Å². The Morgan fingerprint density at radius 3 is 2.40 bits per heavy atom. The molecule has 2 N–H and O–H groups in total. The van der Waals surface area contributed by atoms with Crippen LogP contribution in [-0.2, 0) is 16.6 Å². The van der Waals surface area contributed by atoms with Gasteiger partial charge in [-0.25, -0.2) is 0 Å². The Morgan fingerprint density at radius 2 is 1.90 bits per heavy atom. The summed E-state index contributed by atoms with van der Waals surface area (Å²) >= 11 is 0. The molecule has 0 spiro atoms. The van der Waals surface area contributed by atoms with E-state index in [1.54, 1.807) is 13.2 Å². The van der Waals surface area contributed by atoms with Crippen LogP contribution in [0.5, 0.6) is 0 Å². The average Bonchev–Trinajstić information content (AvgIpc) is 2.83. The maximum absolute atomic E-state index is 12.2. The number of carboxylic acid groups (broad SMARTS) is 2. The van der Waals surface area contributed by atoms with Crippen LogP contribution in [0, 0.1) is 11.8 Å². The van der Waals surface area contributed by atoms with Gasteiger partial charge in [-0.2, -0.15) is 5.10 Å². The number of likely N-dealkylation sites (tertiary alicyclic amines) is 1. The van der Waals surface area contributed by atoms with Crippen molar-refractivity contribution in [3.8, 4) is 0 Å². The summed E-state index contributed by atoms with van der Waals surface area (Å²) in [5.74, 6) is -4.69. The van der Waals surface area contributed by atoms with Crippen LogP contribution >= 0.6 is 0 Å². The number of nitrogens with zero attached hydrogens (tertiary/aromatic N) is 3. The van der Waals surface area contributed by atoms with Gasteiger partial charge in [0.05, 0.1) is 23.6 Å². The van der Waals surface area contributed by atoms with Crippen molar-refractivity contribution in [1.82, 2.24) is 14.7 Å². The summed E-state index contributed by atoms with van der Waals surface area (Å²) in [7, 11) is 1.67. The van der Waals surface area contributed by atoms with Gasteiger partial charge in [0, 0.05) is 26.3 Å². The lowest BCUT2D eigenvalue weighted by Crippen LogP contribution is -2.48. The number of rotatable bonds is 3. The molecular weight excluding hydrogens is 266 g/mol. The molecule has 1 aromatic heterocycles. The minimum atomic E-state index is -1.19. The number of aliphatic carboxylic acids is 2. The summed E-state index contributed by atoms with van der Waals surface area (Å²) < 4.78 is 1.48. The molecule has 1 fully saturated rings. The monoisotopic (exact) mass is 281 g/mol. The van der Waals surface area contributed by atoms with Crippen molar-refractivity contribution in [3.05, 3.63) is 18.0 Å². The van der Waals surface area contributed by atoms with Crippen LogP contribution < -0.4 is 0 Å². The second-order valence-electron chi connectivity index (χ2n) is 4.83. The number of piperidine rings is 1. The van der Waals surface area contributed by atoms with Crippen molar-refractivity contribution < 1.29 is 24.6 Å². The van der Waals surface area contributed by atoms with Crippen LogP contribution in [0.4, 0.5) is 0 Å². The zero-order chi connectivity index (χ0) is 14.9. The standard InChI is InChI=1S/C12H15N3O5/c1-14-5-7(4-13-14)10(16)15-3-2-8(11(17)18)9(6-15)12(19)20/h4-5,8-9H,2-3,6H2,1H3,(H,17,18)(H,19,20). The first-order valence-corrected chi connectivity index (χ1v) is 6.13. The fourth-order valence-corrected chi connectivity index (χ4v) is 2.40. The average molecular weight is 281 g/mol. The summed E-state index contributed by atoms with van der Waals surface area (Å²) in [6, 6.07) is 0. The number of carboxylic acids is 2. The van der Waals surface area contributed by atoms with Crippen LogP contribution in [0.2, 0.25) is 0 Å². The van der Waals surface area contributed by atoms with Gasteiger partial charge in [-0.3, -0.25) is 19.1 Å². The van der Waals surface area contributed by atoms with Gasteiger partial charge in [0.15, 0.2) is 0 Å². The molecule has 0 radical (unpaired) electrons. The minimum Gasteiger partial charge on any atom is -0.481 e. The molecule has 1 aliphatic heterocycles. The van der Waals surface area contributed by atoms with Crippen LogP contribution in [0.3, 0.4) is 0 Å². The highest BCUT2D eigenvalue weighted by molar-refractivity contribution is 5.94. The van der Waals surface area contributed by atoms with Gasteiger partial charge < -0.3 is 15.1 Å². The van der Waals surface area contributed by atoms with Crippen molar-refractivity contribution in [2.24, 2.45) is 18.9 Å². The largest absolute Gasteiger partial charge is 0.481 e. The van der Waals surface area contributed by atoms with Gasteiger partial charge in [0.1, 0.15) is 0 Å². The second-order valence-corrected chi connectivity index (χ2v) is 4.83. The molecule has 2 atom stereocenters. The minimum absolute atomic E-state index is 0.0972. The first kappa shape index (κ1) is 14.0. The third-order valence-electron chi connectivity index (χ3n) is 3.49. The summed E-state index contributed by atoms with van der Waals surface area (Å²) in [6.07, 6.45) is 3.08. The molecule has 8 heteroatoms. The third-order valence-corrected chi connectivity index (χ3v) is 3.49. The lowest BCUT2D eigenvalue weighted by molar-refractivity contribution is -0.156. The lowest BCUT2D eigenvalue weighted by atomic mass is 9.85. The van der Waals surface area contributed by atoms with Gasteiger partial charge in [-0.05, 0) is 6.42 Å². The summed E-state index contributed by atoms with van der Waals surface area (Å²) in [5.41, 5.74) is 0.366. The number of carbonyl (C=O) groups is 3. The fraction of sp³-hybridized carbons (Fsp3) is 0.500. The van der Waals surface area contributed by atoms with E-state index in [0.29, 0.717) is 5.56 Å². The number of carbonyl (C=O) groups excluding carboxylic acids is 1. The van der Waals surface area contributed by atoms with Gasteiger partial charge in [-0.15, -0.1) is 0 Å². The Labute approximate surface area is 114 Å². The zero-order valence-electron chi connectivity index (χ0n) is 10.9. The molecule has 2 heterocycles. The Bertz CT molecular complexity index is 553. The smallest absolute Gasteiger partial charge is 0.309 e. The molecule has 2 rings (SSSR count). The first-order chi connectivity index (χ1) is 9.40. The number of amides is 1. The molecule has 0 aromatic carbocycles. The molecule has 0 bridgehead atoms. The van der Waals surface area contributed by atoms with Crippen molar-refractivity contribution in [1.29, 1.82) is 0 Å². The molecular formula is C12H15N3O5. The van der Waals surface area contributed by atoms with Crippen molar-refractivity contribution in [2.45, 2.75) is 6.42 Å². The summed E-state index contributed by atoms with van der Waals surface area (Å²) in [6.45, 7) is 0.133. The molecule has 20 heavy (non-hydrogen) atoms. The van der Waals surface area contributed by atoms with E-state index in [0.717, 1.165) is 0 Å². The topological polar surface area (TPSA) is 113 Å². The van der Waals surface area contributed by atoms with Crippen LogP contribution in [-0.4, -0.2) is 55.8 Å². The molecule has 0 aliphatic carbocycles. The predicted octanol–water partition coefficient (Wildman–Crippen LogP) is -0.332. The Hall–Kier alpha value is -2.38. The van der Waals surface area contributed by atoms with Crippen LogP contribution in [0.15, 0.2) is 12.4 Å². The Morgan fingerprint density at radius 1 is 1.25 bits per heavy atom. The molecule has 2 unspecified atom stereocenters. The number of hydrogen-bond donors (Lipinski definition) is 2. The maximum atomic E-state index is 12.2. The van der Waals surface area contributed by atoms with E-state index >= 15 is 0 Å². The number of aryl methyl sites for hydroxylation is 1. The van der Waals surface area contributed by atoms with Gasteiger partial charge >= 0.3 is 11.9 Å². The molecule has 108 valence electrons. The zero-order valence-corrected chi connectivity index (χ0v) is 10.9. The van der Waals surface area contributed by atoms with Gasteiger partial charge in [0.25, 0.3) is 5.91 Å². The quantitative estimate of drug-likeness (QED) is 0.784. The third kappa shape index (κ3) is 2.63. The second kappa shape index (κ2) is 5.32. The van der Waals surface area contributed by atoms with Crippen molar-refractivity contribution in [3.63, 3.8) is 0 Å². The van der Waals surface area contributed by atoms with Crippen LogP contribution in [0.25, 0.3) is 0 Å². The molecule has 1 amide bonds. The number of aromatic nitrogens is 2. The van der Waals surface area contributed by atoms with Crippen molar-refractivity contribution in [2.75, 3.05) is 13.1 Å². The Balaban J connectivity index is 2.14. The van der Waals surface area contributed by atoms with E-state index in [1.807, 2.05) is 0 Å². The predicted molar refractivity (Wildman–Crippen MR) is 66.0 cm³/mol.